The molecule has 74 valence electrons. The highest BCUT2D eigenvalue weighted by Crippen LogP contribution is 2.39. The van der Waals surface area contributed by atoms with Crippen molar-refractivity contribution in [2.45, 2.75) is 47.0 Å². The molecule has 0 atom stereocenters. The van der Waals surface area contributed by atoms with E-state index in [2.05, 4.69) is 31.2 Å². The molecule has 1 saturated carbocycles. The van der Waals surface area contributed by atoms with Gasteiger partial charge in [-0.3, -0.25) is 0 Å². The molecule has 0 unspecified atom stereocenters. The van der Waals surface area contributed by atoms with Crippen LogP contribution in [-0.2, 0) is 0 Å². The Labute approximate surface area is 83.0 Å². The fourth-order valence-electron chi connectivity index (χ4n) is 1.26. The van der Waals surface area contributed by atoms with Crippen LogP contribution in [0.3, 0.4) is 0 Å². The Morgan fingerprint density at radius 2 is 1.46 bits per heavy atom. The molecule has 0 heteroatoms. The van der Waals surface area contributed by atoms with Gasteiger partial charge in [-0.15, -0.1) is 0 Å². The third-order valence-electron chi connectivity index (χ3n) is 2.13. The Kier molecular flexibility index (Phi) is 5.45. The summed E-state index contributed by atoms with van der Waals surface area (Å²) in [6.07, 6.45) is 2.81. The summed E-state index contributed by atoms with van der Waals surface area (Å²) in [5.41, 5.74) is 2.90. The minimum atomic E-state index is 0. The molecule has 0 radical (unpaired) electrons. The van der Waals surface area contributed by atoms with E-state index in [4.69, 9.17) is 0 Å². The van der Waals surface area contributed by atoms with Crippen LogP contribution in [0, 0.1) is 6.92 Å². The van der Waals surface area contributed by atoms with Crippen LogP contribution < -0.4 is 0 Å². The van der Waals surface area contributed by atoms with Crippen molar-refractivity contribution in [2.24, 2.45) is 0 Å². The molecular weight excluding hydrogens is 156 g/mol. The fourth-order valence-corrected chi connectivity index (χ4v) is 1.26. The normalized spacial score (nSPS) is 13.8. The quantitative estimate of drug-likeness (QED) is 0.592. The summed E-state index contributed by atoms with van der Waals surface area (Å²) in [6.45, 7) is 6.14. The van der Waals surface area contributed by atoms with Crippen LogP contribution in [0.2, 0.25) is 0 Å². The second kappa shape index (κ2) is 5.80. The van der Waals surface area contributed by atoms with Crippen molar-refractivity contribution in [3.05, 3.63) is 35.4 Å². The van der Waals surface area contributed by atoms with Crippen molar-refractivity contribution >= 4 is 0 Å². The van der Waals surface area contributed by atoms with E-state index in [1.165, 1.54) is 24.0 Å². The van der Waals surface area contributed by atoms with Crippen LogP contribution in [0.25, 0.3) is 0 Å². The van der Waals surface area contributed by atoms with Gasteiger partial charge in [-0.2, -0.15) is 0 Å². The predicted molar refractivity (Wildman–Crippen MR) is 61.2 cm³/mol. The van der Waals surface area contributed by atoms with Gasteiger partial charge in [0.15, 0.2) is 0 Å². The zero-order chi connectivity index (χ0) is 8.97. The summed E-state index contributed by atoms with van der Waals surface area (Å²) in [7, 11) is 0. The SMILES string of the molecule is C.CC.Cc1ccc(C2CC2)cc1. The highest BCUT2D eigenvalue weighted by atomic mass is 14.3. The number of hydrogen-bond donors (Lipinski definition) is 0. The van der Waals surface area contributed by atoms with Crippen LogP contribution in [0.15, 0.2) is 24.3 Å². The Balaban J connectivity index is 0.000000451. The predicted octanol–water partition coefficient (Wildman–Crippen LogP) is 4.53. The minimum absolute atomic E-state index is 0. The monoisotopic (exact) mass is 178 g/mol. The van der Waals surface area contributed by atoms with E-state index in [9.17, 15) is 0 Å². The third-order valence-corrected chi connectivity index (χ3v) is 2.13. The van der Waals surface area contributed by atoms with Gasteiger partial charge in [0, 0.05) is 0 Å². The van der Waals surface area contributed by atoms with E-state index in [0.717, 1.165) is 5.92 Å². The van der Waals surface area contributed by atoms with Crippen LogP contribution in [0.5, 0.6) is 0 Å². The van der Waals surface area contributed by atoms with Crippen LogP contribution in [-0.4, -0.2) is 0 Å². The van der Waals surface area contributed by atoms with Crippen molar-refractivity contribution in [1.82, 2.24) is 0 Å². The molecule has 0 amide bonds. The summed E-state index contributed by atoms with van der Waals surface area (Å²) >= 11 is 0. The molecule has 0 spiro atoms. The van der Waals surface area contributed by atoms with Gasteiger partial charge in [-0.05, 0) is 31.2 Å². The Morgan fingerprint density at radius 3 is 1.85 bits per heavy atom. The summed E-state index contributed by atoms with van der Waals surface area (Å²) < 4.78 is 0. The van der Waals surface area contributed by atoms with E-state index in [1.807, 2.05) is 13.8 Å². The molecular formula is C13H22. The first-order valence-corrected chi connectivity index (χ1v) is 4.93. The molecule has 1 aromatic carbocycles. The molecule has 0 saturated heterocycles. The lowest BCUT2D eigenvalue weighted by atomic mass is 10.1. The first-order valence-electron chi connectivity index (χ1n) is 4.93. The van der Waals surface area contributed by atoms with Crippen molar-refractivity contribution in [2.75, 3.05) is 0 Å². The smallest absolute Gasteiger partial charge is 0.0162 e. The second-order valence-corrected chi connectivity index (χ2v) is 3.18. The number of benzene rings is 1. The van der Waals surface area contributed by atoms with E-state index >= 15 is 0 Å². The first-order chi connectivity index (χ1) is 5.86. The molecule has 0 bridgehead atoms. The fraction of sp³-hybridized carbons (Fsp3) is 0.538. The summed E-state index contributed by atoms with van der Waals surface area (Å²) in [5.74, 6) is 0.903. The molecule has 0 N–H and O–H groups in total. The molecule has 1 aliphatic rings. The highest BCUT2D eigenvalue weighted by Gasteiger charge is 2.22. The van der Waals surface area contributed by atoms with Gasteiger partial charge in [0.1, 0.15) is 0 Å². The molecule has 13 heavy (non-hydrogen) atoms. The van der Waals surface area contributed by atoms with Crippen LogP contribution >= 0.6 is 0 Å². The van der Waals surface area contributed by atoms with Crippen molar-refractivity contribution < 1.29 is 0 Å². The molecule has 1 aliphatic carbocycles. The van der Waals surface area contributed by atoms with Gasteiger partial charge in [0.25, 0.3) is 0 Å². The van der Waals surface area contributed by atoms with Gasteiger partial charge in [0.2, 0.25) is 0 Å². The maximum atomic E-state index is 2.26. The molecule has 1 fully saturated rings. The highest BCUT2D eigenvalue weighted by molar-refractivity contribution is 5.27. The molecule has 1 aromatic rings. The lowest BCUT2D eigenvalue weighted by Crippen LogP contribution is -1.77. The second-order valence-electron chi connectivity index (χ2n) is 3.18. The molecule has 0 aromatic heterocycles. The van der Waals surface area contributed by atoms with E-state index < -0.39 is 0 Å². The van der Waals surface area contributed by atoms with Crippen molar-refractivity contribution in [1.29, 1.82) is 0 Å². The van der Waals surface area contributed by atoms with Gasteiger partial charge in [-0.25, -0.2) is 0 Å². The van der Waals surface area contributed by atoms with Gasteiger partial charge < -0.3 is 0 Å². The number of aryl methyl sites for hydroxylation is 1. The van der Waals surface area contributed by atoms with E-state index in [-0.39, 0.29) is 7.43 Å². The average Bonchev–Trinajstić information content (AvgIpc) is 2.93. The summed E-state index contributed by atoms with van der Waals surface area (Å²) in [5, 5.41) is 0. The zero-order valence-electron chi connectivity index (χ0n) is 8.30. The van der Waals surface area contributed by atoms with E-state index in [1.54, 1.807) is 0 Å². The van der Waals surface area contributed by atoms with E-state index in [0.29, 0.717) is 0 Å². The Hall–Kier alpha value is -0.780. The molecule has 2 rings (SSSR count). The maximum Gasteiger partial charge on any atom is -0.0162 e. The molecule has 0 aliphatic heterocycles. The maximum absolute atomic E-state index is 2.26. The van der Waals surface area contributed by atoms with Crippen LogP contribution in [0.4, 0.5) is 0 Å². The topological polar surface area (TPSA) is 0 Å². The number of rotatable bonds is 1. The molecule has 0 nitrogen and oxygen atoms in total. The minimum Gasteiger partial charge on any atom is -0.0776 e. The zero-order valence-corrected chi connectivity index (χ0v) is 8.30. The summed E-state index contributed by atoms with van der Waals surface area (Å²) in [4.78, 5) is 0. The average molecular weight is 178 g/mol. The van der Waals surface area contributed by atoms with Crippen molar-refractivity contribution in [3.8, 4) is 0 Å². The van der Waals surface area contributed by atoms with Gasteiger partial charge in [-0.1, -0.05) is 51.1 Å². The Morgan fingerprint density at radius 1 is 1.00 bits per heavy atom. The lowest BCUT2D eigenvalue weighted by molar-refractivity contribution is 1.13. The third kappa shape index (κ3) is 3.63. The first kappa shape index (κ1) is 12.2. The largest absolute Gasteiger partial charge is 0.0776 e. The lowest BCUT2D eigenvalue weighted by Gasteiger charge is -1.96. The Bertz CT molecular complexity index is 216. The van der Waals surface area contributed by atoms with Gasteiger partial charge in [0.05, 0.1) is 0 Å². The van der Waals surface area contributed by atoms with Crippen molar-refractivity contribution in [3.63, 3.8) is 0 Å². The van der Waals surface area contributed by atoms with Crippen LogP contribution in [0.1, 0.15) is 51.2 Å². The summed E-state index contributed by atoms with van der Waals surface area (Å²) in [6, 6.07) is 8.92. The molecule has 0 heterocycles. The van der Waals surface area contributed by atoms with Gasteiger partial charge >= 0.3 is 0 Å². The standard InChI is InChI=1S/C10H12.C2H6.CH4/c1-8-2-4-9(5-3-8)10-6-7-10;1-2;/h2-5,10H,6-7H2,1H3;1-2H3;1H4. The number of hydrogen-bond acceptors (Lipinski definition) is 0.